The van der Waals surface area contributed by atoms with E-state index >= 15 is 0 Å². The van der Waals surface area contributed by atoms with E-state index in [-0.39, 0.29) is 24.5 Å². The maximum Gasteiger partial charge on any atom is 0.251 e. The van der Waals surface area contributed by atoms with Gasteiger partial charge in [-0.25, -0.2) is 0 Å². The normalized spacial score (nSPS) is 12.0. The predicted molar refractivity (Wildman–Crippen MR) is 72.6 cm³/mol. The summed E-state index contributed by atoms with van der Waals surface area (Å²) in [7, 11) is 1.49. The number of methoxy groups -OCH3 is 1. The van der Waals surface area contributed by atoms with E-state index in [1.165, 1.54) is 7.11 Å². The monoisotopic (exact) mass is 264 g/mol. The van der Waals surface area contributed by atoms with Gasteiger partial charge in [-0.2, -0.15) is 0 Å². The van der Waals surface area contributed by atoms with Crippen molar-refractivity contribution in [3.05, 3.63) is 35.9 Å². The average Bonchev–Trinajstić information content (AvgIpc) is 2.42. The van der Waals surface area contributed by atoms with E-state index in [9.17, 15) is 9.59 Å². The predicted octanol–water partition coefficient (Wildman–Crippen LogP) is 1.16. The van der Waals surface area contributed by atoms with Gasteiger partial charge in [0.05, 0.1) is 0 Å². The summed E-state index contributed by atoms with van der Waals surface area (Å²) in [5, 5.41) is 5.33. The van der Waals surface area contributed by atoms with Gasteiger partial charge in [0.25, 0.3) is 5.91 Å². The summed E-state index contributed by atoms with van der Waals surface area (Å²) >= 11 is 0. The van der Waals surface area contributed by atoms with Crippen LogP contribution in [-0.4, -0.2) is 31.7 Å². The van der Waals surface area contributed by atoms with Crippen LogP contribution in [0.4, 0.5) is 0 Å². The molecule has 1 aromatic rings. The van der Waals surface area contributed by atoms with Crippen LogP contribution < -0.4 is 10.6 Å². The van der Waals surface area contributed by atoms with Gasteiger partial charge >= 0.3 is 0 Å². The molecular weight excluding hydrogens is 244 g/mol. The van der Waals surface area contributed by atoms with Crippen LogP contribution in [0.25, 0.3) is 0 Å². The third-order valence-corrected chi connectivity index (χ3v) is 2.66. The molecule has 19 heavy (non-hydrogen) atoms. The standard InChI is InChI=1S/C14H20N2O3/c1-10(2)12(14(18)15-9-19-3)16-13(17)11-7-5-4-6-8-11/h4-8,10,12H,9H2,1-3H3,(H,15,18)(H,16,17). The van der Waals surface area contributed by atoms with Crippen LogP contribution in [0.15, 0.2) is 30.3 Å². The van der Waals surface area contributed by atoms with Crippen molar-refractivity contribution in [2.75, 3.05) is 13.8 Å². The van der Waals surface area contributed by atoms with Gasteiger partial charge in [-0.15, -0.1) is 0 Å². The fourth-order valence-corrected chi connectivity index (χ4v) is 1.60. The molecule has 1 aromatic carbocycles. The van der Waals surface area contributed by atoms with Crippen molar-refractivity contribution in [1.29, 1.82) is 0 Å². The number of benzene rings is 1. The molecular formula is C14H20N2O3. The maximum atomic E-state index is 12.0. The first-order chi connectivity index (χ1) is 9.06. The van der Waals surface area contributed by atoms with Gasteiger partial charge in [0.2, 0.25) is 5.91 Å². The SMILES string of the molecule is COCNC(=O)C(NC(=O)c1ccccc1)C(C)C. The molecule has 0 aromatic heterocycles. The van der Waals surface area contributed by atoms with E-state index < -0.39 is 6.04 Å². The second-order valence-corrected chi connectivity index (χ2v) is 4.54. The lowest BCUT2D eigenvalue weighted by atomic mass is 10.0. The van der Waals surface area contributed by atoms with Gasteiger partial charge in [-0.1, -0.05) is 32.0 Å². The molecule has 0 aliphatic rings. The summed E-state index contributed by atoms with van der Waals surface area (Å²) in [5.74, 6) is -0.516. The zero-order chi connectivity index (χ0) is 14.3. The van der Waals surface area contributed by atoms with E-state index in [1.54, 1.807) is 24.3 Å². The Morgan fingerprint density at radius 2 is 1.84 bits per heavy atom. The van der Waals surface area contributed by atoms with E-state index in [1.807, 2.05) is 19.9 Å². The second kappa shape index (κ2) is 7.53. The van der Waals surface area contributed by atoms with Crippen molar-refractivity contribution < 1.29 is 14.3 Å². The van der Waals surface area contributed by atoms with Crippen molar-refractivity contribution >= 4 is 11.8 Å². The van der Waals surface area contributed by atoms with E-state index in [4.69, 9.17) is 4.74 Å². The Kier molecular flexibility index (Phi) is 6.02. The highest BCUT2D eigenvalue weighted by atomic mass is 16.5. The molecule has 0 saturated heterocycles. The summed E-state index contributed by atoms with van der Waals surface area (Å²) in [5.41, 5.74) is 0.535. The van der Waals surface area contributed by atoms with Crippen LogP contribution in [0, 0.1) is 5.92 Å². The van der Waals surface area contributed by atoms with E-state index in [0.717, 1.165) is 0 Å². The molecule has 1 unspecified atom stereocenters. The van der Waals surface area contributed by atoms with Gasteiger partial charge < -0.3 is 15.4 Å². The zero-order valence-corrected chi connectivity index (χ0v) is 11.5. The average molecular weight is 264 g/mol. The third-order valence-electron chi connectivity index (χ3n) is 2.66. The highest BCUT2D eigenvalue weighted by molar-refractivity contribution is 5.97. The molecule has 0 heterocycles. The highest BCUT2D eigenvalue weighted by Gasteiger charge is 2.24. The Hall–Kier alpha value is -1.88. The van der Waals surface area contributed by atoms with Gasteiger partial charge in [-0.05, 0) is 18.1 Å². The number of rotatable bonds is 6. The Balaban J connectivity index is 2.68. The molecule has 0 radical (unpaired) electrons. The van der Waals surface area contributed by atoms with Crippen LogP contribution in [0.5, 0.6) is 0 Å². The number of nitrogens with one attached hydrogen (secondary N) is 2. The minimum atomic E-state index is -0.581. The number of amides is 2. The van der Waals surface area contributed by atoms with Crippen LogP contribution in [0.1, 0.15) is 24.2 Å². The molecule has 1 rings (SSSR count). The molecule has 0 saturated carbocycles. The smallest absolute Gasteiger partial charge is 0.251 e. The van der Waals surface area contributed by atoms with Gasteiger partial charge in [0, 0.05) is 12.7 Å². The van der Waals surface area contributed by atoms with Crippen LogP contribution in [-0.2, 0) is 9.53 Å². The molecule has 104 valence electrons. The lowest BCUT2D eigenvalue weighted by Gasteiger charge is -2.21. The van der Waals surface area contributed by atoms with Crippen LogP contribution in [0.3, 0.4) is 0 Å². The zero-order valence-electron chi connectivity index (χ0n) is 11.5. The fourth-order valence-electron chi connectivity index (χ4n) is 1.60. The molecule has 0 fully saturated rings. The molecule has 2 amide bonds. The van der Waals surface area contributed by atoms with Gasteiger partial charge in [0.15, 0.2) is 0 Å². The lowest BCUT2D eigenvalue weighted by molar-refractivity contribution is -0.125. The van der Waals surface area contributed by atoms with Crippen LogP contribution >= 0.6 is 0 Å². The number of hydrogen-bond acceptors (Lipinski definition) is 3. The number of ether oxygens (including phenoxy) is 1. The van der Waals surface area contributed by atoms with Crippen molar-refractivity contribution in [3.63, 3.8) is 0 Å². The molecule has 0 spiro atoms. The van der Waals surface area contributed by atoms with Crippen molar-refractivity contribution in [1.82, 2.24) is 10.6 Å². The molecule has 0 aliphatic heterocycles. The molecule has 1 atom stereocenters. The largest absolute Gasteiger partial charge is 0.364 e. The summed E-state index contributed by atoms with van der Waals surface area (Å²) in [6.45, 7) is 3.88. The number of carbonyl (C=O) groups excluding carboxylic acids is 2. The maximum absolute atomic E-state index is 12.0. The number of hydrogen-bond donors (Lipinski definition) is 2. The van der Waals surface area contributed by atoms with Crippen molar-refractivity contribution in [2.45, 2.75) is 19.9 Å². The Morgan fingerprint density at radius 1 is 1.21 bits per heavy atom. The number of carbonyl (C=O) groups is 2. The topological polar surface area (TPSA) is 67.4 Å². The van der Waals surface area contributed by atoms with Crippen molar-refractivity contribution in [2.24, 2.45) is 5.92 Å². The first-order valence-electron chi connectivity index (χ1n) is 6.18. The quantitative estimate of drug-likeness (QED) is 0.758. The summed E-state index contributed by atoms with van der Waals surface area (Å²) < 4.78 is 4.79. The molecule has 5 heteroatoms. The summed E-state index contributed by atoms with van der Waals surface area (Å²) in [6, 6.07) is 8.23. The third kappa shape index (κ3) is 4.71. The van der Waals surface area contributed by atoms with Gasteiger partial charge in [0.1, 0.15) is 12.8 Å². The molecule has 0 bridgehead atoms. The summed E-state index contributed by atoms with van der Waals surface area (Å²) in [4.78, 5) is 23.9. The fraction of sp³-hybridized carbons (Fsp3) is 0.429. The minimum Gasteiger partial charge on any atom is -0.364 e. The Labute approximate surface area is 113 Å². The molecule has 2 N–H and O–H groups in total. The van der Waals surface area contributed by atoms with Crippen LogP contribution in [0.2, 0.25) is 0 Å². The first kappa shape index (κ1) is 15.2. The minimum absolute atomic E-state index is 0.00971. The Morgan fingerprint density at radius 3 is 2.37 bits per heavy atom. The first-order valence-corrected chi connectivity index (χ1v) is 6.18. The lowest BCUT2D eigenvalue weighted by Crippen LogP contribution is -2.50. The van der Waals surface area contributed by atoms with E-state index in [2.05, 4.69) is 10.6 Å². The Bertz CT molecular complexity index is 418. The highest BCUT2D eigenvalue weighted by Crippen LogP contribution is 2.05. The summed E-state index contributed by atoms with van der Waals surface area (Å²) in [6.07, 6.45) is 0. The van der Waals surface area contributed by atoms with Crippen molar-refractivity contribution in [3.8, 4) is 0 Å². The van der Waals surface area contributed by atoms with Gasteiger partial charge in [-0.3, -0.25) is 9.59 Å². The molecule has 5 nitrogen and oxygen atoms in total. The van der Waals surface area contributed by atoms with E-state index in [0.29, 0.717) is 5.56 Å². The molecule has 0 aliphatic carbocycles. The second-order valence-electron chi connectivity index (χ2n) is 4.54.